The van der Waals surface area contributed by atoms with Crippen molar-refractivity contribution in [1.82, 2.24) is 20.4 Å². The van der Waals surface area contributed by atoms with E-state index in [1.54, 1.807) is 29.4 Å². The van der Waals surface area contributed by atoms with E-state index in [1.165, 1.54) is 0 Å². The third-order valence-corrected chi connectivity index (χ3v) is 4.09. The number of amides is 2. The molecule has 2 amide bonds. The standard InChI is InChI=1S/C16H20N4O3/c1-2-17-15(21)11-5-7-20(8-6-11)16(22)13-10-12(18-19-13)14-4-3-9-23-14/h3-4,9-11H,2,5-8H2,1H3,(H,17,21)(H,18,19). The lowest BCUT2D eigenvalue weighted by Crippen LogP contribution is -2.43. The number of aromatic amines is 1. The zero-order valence-corrected chi connectivity index (χ0v) is 13.0. The third-order valence-electron chi connectivity index (χ3n) is 4.09. The molecule has 1 aliphatic heterocycles. The average molecular weight is 316 g/mol. The molecule has 0 unspecified atom stereocenters. The summed E-state index contributed by atoms with van der Waals surface area (Å²) in [5.74, 6) is 0.608. The van der Waals surface area contributed by atoms with Gasteiger partial charge in [0.05, 0.1) is 6.26 Å². The van der Waals surface area contributed by atoms with Gasteiger partial charge in [-0.1, -0.05) is 0 Å². The van der Waals surface area contributed by atoms with Crippen LogP contribution in [0.2, 0.25) is 0 Å². The molecule has 0 atom stereocenters. The average Bonchev–Trinajstić information content (AvgIpc) is 3.25. The van der Waals surface area contributed by atoms with Crippen molar-refractivity contribution in [2.45, 2.75) is 19.8 Å². The highest BCUT2D eigenvalue weighted by atomic mass is 16.3. The van der Waals surface area contributed by atoms with Crippen LogP contribution in [0.15, 0.2) is 28.9 Å². The summed E-state index contributed by atoms with van der Waals surface area (Å²) in [6.07, 6.45) is 2.95. The predicted molar refractivity (Wildman–Crippen MR) is 83.6 cm³/mol. The molecule has 1 fully saturated rings. The Bertz CT molecular complexity index is 669. The van der Waals surface area contributed by atoms with E-state index in [1.807, 2.05) is 6.92 Å². The Morgan fingerprint density at radius 2 is 2.22 bits per heavy atom. The lowest BCUT2D eigenvalue weighted by molar-refractivity contribution is -0.126. The number of nitrogens with zero attached hydrogens (tertiary/aromatic N) is 2. The molecule has 0 bridgehead atoms. The Labute approximate surface area is 134 Å². The lowest BCUT2D eigenvalue weighted by atomic mass is 9.95. The summed E-state index contributed by atoms with van der Waals surface area (Å²) < 4.78 is 5.28. The first-order chi connectivity index (χ1) is 11.2. The Balaban J connectivity index is 1.60. The van der Waals surface area contributed by atoms with Crippen molar-refractivity contribution in [3.8, 4) is 11.5 Å². The maximum Gasteiger partial charge on any atom is 0.274 e. The highest BCUT2D eigenvalue weighted by molar-refractivity contribution is 5.93. The summed E-state index contributed by atoms with van der Waals surface area (Å²) in [7, 11) is 0. The number of piperidine rings is 1. The molecular formula is C16H20N4O3. The second kappa shape index (κ2) is 6.68. The molecule has 0 spiro atoms. The van der Waals surface area contributed by atoms with E-state index in [4.69, 9.17) is 4.42 Å². The van der Waals surface area contributed by atoms with Gasteiger partial charge >= 0.3 is 0 Å². The zero-order chi connectivity index (χ0) is 16.2. The van der Waals surface area contributed by atoms with E-state index in [0.29, 0.717) is 49.6 Å². The second-order valence-corrected chi connectivity index (χ2v) is 5.61. The molecule has 3 rings (SSSR count). The van der Waals surface area contributed by atoms with Crippen LogP contribution in [0.4, 0.5) is 0 Å². The van der Waals surface area contributed by atoms with Gasteiger partial charge in [-0.3, -0.25) is 14.7 Å². The van der Waals surface area contributed by atoms with Crippen LogP contribution in [0.25, 0.3) is 11.5 Å². The van der Waals surface area contributed by atoms with Gasteiger partial charge in [0.2, 0.25) is 5.91 Å². The van der Waals surface area contributed by atoms with Gasteiger partial charge in [0.1, 0.15) is 5.69 Å². The van der Waals surface area contributed by atoms with Gasteiger partial charge in [-0.05, 0) is 31.9 Å². The molecule has 0 saturated carbocycles. The summed E-state index contributed by atoms with van der Waals surface area (Å²) in [6, 6.07) is 5.28. The fourth-order valence-corrected chi connectivity index (χ4v) is 2.81. The first-order valence-corrected chi connectivity index (χ1v) is 7.85. The number of H-pyrrole nitrogens is 1. The van der Waals surface area contributed by atoms with Crippen LogP contribution < -0.4 is 5.32 Å². The molecule has 2 N–H and O–H groups in total. The monoisotopic (exact) mass is 316 g/mol. The minimum atomic E-state index is -0.117. The summed E-state index contributed by atoms with van der Waals surface area (Å²) >= 11 is 0. The quantitative estimate of drug-likeness (QED) is 0.897. The number of likely N-dealkylation sites (tertiary alicyclic amines) is 1. The molecule has 2 aromatic heterocycles. The van der Waals surface area contributed by atoms with E-state index in [0.717, 1.165) is 0 Å². The van der Waals surface area contributed by atoms with Gasteiger partial charge in [-0.15, -0.1) is 0 Å². The van der Waals surface area contributed by atoms with E-state index in [-0.39, 0.29) is 17.7 Å². The highest BCUT2D eigenvalue weighted by Gasteiger charge is 2.28. The topological polar surface area (TPSA) is 91.2 Å². The first kappa shape index (κ1) is 15.3. The molecule has 0 radical (unpaired) electrons. The van der Waals surface area contributed by atoms with Crippen LogP contribution in [0, 0.1) is 5.92 Å². The molecule has 1 aliphatic rings. The first-order valence-electron chi connectivity index (χ1n) is 7.85. The fourth-order valence-electron chi connectivity index (χ4n) is 2.81. The lowest BCUT2D eigenvalue weighted by Gasteiger charge is -2.30. The van der Waals surface area contributed by atoms with Gasteiger partial charge in [0, 0.05) is 31.6 Å². The van der Waals surface area contributed by atoms with E-state index in [2.05, 4.69) is 15.5 Å². The number of aromatic nitrogens is 2. The fraction of sp³-hybridized carbons (Fsp3) is 0.438. The van der Waals surface area contributed by atoms with Gasteiger partial charge in [0.25, 0.3) is 5.91 Å². The van der Waals surface area contributed by atoms with Crippen molar-refractivity contribution >= 4 is 11.8 Å². The summed E-state index contributed by atoms with van der Waals surface area (Å²) in [6.45, 7) is 3.69. The van der Waals surface area contributed by atoms with Gasteiger partial charge < -0.3 is 14.6 Å². The second-order valence-electron chi connectivity index (χ2n) is 5.61. The van der Waals surface area contributed by atoms with Crippen molar-refractivity contribution in [1.29, 1.82) is 0 Å². The predicted octanol–water partition coefficient (Wildman–Crippen LogP) is 1.66. The van der Waals surface area contributed by atoms with Gasteiger partial charge in [0.15, 0.2) is 11.5 Å². The molecule has 1 saturated heterocycles. The van der Waals surface area contributed by atoms with Crippen molar-refractivity contribution < 1.29 is 14.0 Å². The zero-order valence-electron chi connectivity index (χ0n) is 13.0. The normalized spacial score (nSPS) is 15.6. The number of carbonyl (C=O) groups excluding carboxylic acids is 2. The maximum atomic E-state index is 12.5. The molecule has 0 aromatic carbocycles. The molecule has 2 aromatic rings. The van der Waals surface area contributed by atoms with E-state index < -0.39 is 0 Å². The number of nitrogens with one attached hydrogen (secondary N) is 2. The molecule has 122 valence electrons. The summed E-state index contributed by atoms with van der Waals surface area (Å²) in [5.41, 5.74) is 1.04. The van der Waals surface area contributed by atoms with E-state index >= 15 is 0 Å². The summed E-state index contributed by atoms with van der Waals surface area (Å²) in [5, 5.41) is 9.73. The molecule has 0 aliphatic carbocycles. The van der Waals surface area contributed by atoms with Crippen molar-refractivity contribution in [2.75, 3.05) is 19.6 Å². The molecule has 3 heterocycles. The van der Waals surface area contributed by atoms with Crippen LogP contribution in [0.3, 0.4) is 0 Å². The molecular weight excluding hydrogens is 296 g/mol. The van der Waals surface area contributed by atoms with Crippen LogP contribution in [0.5, 0.6) is 0 Å². The van der Waals surface area contributed by atoms with Crippen molar-refractivity contribution in [3.05, 3.63) is 30.2 Å². The summed E-state index contributed by atoms with van der Waals surface area (Å²) in [4.78, 5) is 26.1. The van der Waals surface area contributed by atoms with Crippen LogP contribution >= 0.6 is 0 Å². The Kier molecular flexibility index (Phi) is 4.45. The van der Waals surface area contributed by atoms with Crippen molar-refractivity contribution in [3.63, 3.8) is 0 Å². The number of carbonyl (C=O) groups is 2. The van der Waals surface area contributed by atoms with Gasteiger partial charge in [-0.2, -0.15) is 5.10 Å². The van der Waals surface area contributed by atoms with Crippen LogP contribution in [0.1, 0.15) is 30.3 Å². The smallest absolute Gasteiger partial charge is 0.274 e. The highest BCUT2D eigenvalue weighted by Crippen LogP contribution is 2.21. The number of hydrogen-bond acceptors (Lipinski definition) is 4. The number of furan rings is 1. The maximum absolute atomic E-state index is 12.5. The minimum absolute atomic E-state index is 0.00290. The Hall–Kier alpha value is -2.57. The molecule has 23 heavy (non-hydrogen) atoms. The van der Waals surface area contributed by atoms with Crippen LogP contribution in [-0.4, -0.2) is 46.5 Å². The van der Waals surface area contributed by atoms with E-state index in [9.17, 15) is 9.59 Å². The van der Waals surface area contributed by atoms with Crippen LogP contribution in [-0.2, 0) is 4.79 Å². The molecule has 7 nitrogen and oxygen atoms in total. The minimum Gasteiger partial charge on any atom is -0.463 e. The van der Waals surface area contributed by atoms with Crippen molar-refractivity contribution in [2.24, 2.45) is 5.92 Å². The SMILES string of the molecule is CCNC(=O)C1CCN(C(=O)c2cc(-c3ccco3)[nH]n2)CC1. The Morgan fingerprint density at radius 3 is 2.87 bits per heavy atom. The molecule has 7 heteroatoms. The largest absolute Gasteiger partial charge is 0.463 e. The number of rotatable bonds is 4. The Morgan fingerprint density at radius 1 is 1.43 bits per heavy atom. The van der Waals surface area contributed by atoms with Gasteiger partial charge in [-0.25, -0.2) is 0 Å². The number of hydrogen-bond donors (Lipinski definition) is 2. The third kappa shape index (κ3) is 3.28.